The molecule has 0 spiro atoms. The molecule has 1 aromatic carbocycles. The van der Waals surface area contributed by atoms with Gasteiger partial charge in [-0.1, -0.05) is 31.9 Å². The summed E-state index contributed by atoms with van der Waals surface area (Å²) < 4.78 is 10.4. The standard InChI is InChI=1S/C21H25ClN2O7/c1-5-10(2)19(20(27)28)24-18(26)9-23-17(25)7-13-11(3)12-6-14(22)16(30-4)8-15(12)31-21(13)29/h6,8,10,19H,5,7,9H2,1-4H3,(H,23,25)(H,24,26)(H,27,28). The third-order valence-electron chi connectivity index (χ3n) is 5.14. The Morgan fingerprint density at radius 3 is 2.52 bits per heavy atom. The van der Waals surface area contributed by atoms with Gasteiger partial charge < -0.3 is 24.9 Å². The van der Waals surface area contributed by atoms with E-state index in [2.05, 4.69) is 10.6 Å². The molecule has 0 aliphatic heterocycles. The van der Waals surface area contributed by atoms with Crippen molar-refractivity contribution in [3.05, 3.63) is 38.7 Å². The van der Waals surface area contributed by atoms with Crippen molar-refractivity contribution >= 4 is 40.4 Å². The minimum absolute atomic E-state index is 0.134. The van der Waals surface area contributed by atoms with E-state index in [4.69, 9.17) is 20.8 Å². The minimum Gasteiger partial charge on any atom is -0.495 e. The van der Waals surface area contributed by atoms with Crippen molar-refractivity contribution in [2.45, 2.75) is 39.7 Å². The maximum absolute atomic E-state index is 12.4. The molecule has 31 heavy (non-hydrogen) atoms. The lowest BCUT2D eigenvalue weighted by Gasteiger charge is -2.20. The van der Waals surface area contributed by atoms with Crippen molar-refractivity contribution < 1.29 is 28.6 Å². The van der Waals surface area contributed by atoms with Crippen molar-refractivity contribution in [2.24, 2.45) is 5.92 Å². The van der Waals surface area contributed by atoms with Crippen LogP contribution >= 0.6 is 11.6 Å². The summed E-state index contributed by atoms with van der Waals surface area (Å²) in [7, 11) is 1.44. The highest BCUT2D eigenvalue weighted by Gasteiger charge is 2.25. The summed E-state index contributed by atoms with van der Waals surface area (Å²) in [6.45, 7) is 4.78. The van der Waals surface area contributed by atoms with Gasteiger partial charge in [-0.25, -0.2) is 9.59 Å². The quantitative estimate of drug-likeness (QED) is 0.495. The number of halogens is 1. The second kappa shape index (κ2) is 10.3. The summed E-state index contributed by atoms with van der Waals surface area (Å²) in [4.78, 5) is 48.0. The first kappa shape index (κ1) is 24.2. The molecule has 0 radical (unpaired) electrons. The predicted octanol–water partition coefficient (Wildman–Crippen LogP) is 2.04. The van der Waals surface area contributed by atoms with Crippen LogP contribution in [0.15, 0.2) is 21.3 Å². The Morgan fingerprint density at radius 2 is 1.94 bits per heavy atom. The monoisotopic (exact) mass is 452 g/mol. The minimum atomic E-state index is -1.14. The molecule has 3 N–H and O–H groups in total. The van der Waals surface area contributed by atoms with Crippen LogP contribution in [0.25, 0.3) is 11.0 Å². The zero-order valence-corrected chi connectivity index (χ0v) is 18.5. The number of benzene rings is 1. The normalized spacial score (nSPS) is 12.8. The van der Waals surface area contributed by atoms with Crippen LogP contribution in [0.5, 0.6) is 5.75 Å². The van der Waals surface area contributed by atoms with Gasteiger partial charge in [0.2, 0.25) is 11.8 Å². The number of fused-ring (bicyclic) bond motifs is 1. The number of carbonyl (C=O) groups excluding carboxylic acids is 2. The molecule has 1 heterocycles. The van der Waals surface area contributed by atoms with Crippen LogP contribution < -0.4 is 21.0 Å². The van der Waals surface area contributed by atoms with Gasteiger partial charge in [-0.05, 0) is 24.5 Å². The summed E-state index contributed by atoms with van der Waals surface area (Å²) in [5, 5.41) is 14.9. The molecule has 2 rings (SSSR count). The van der Waals surface area contributed by atoms with Crippen LogP contribution in [0, 0.1) is 12.8 Å². The number of nitrogens with one attached hydrogen (secondary N) is 2. The Labute approximate surface area is 183 Å². The molecular formula is C21H25ClN2O7. The van der Waals surface area contributed by atoms with Gasteiger partial charge in [0.05, 0.1) is 30.7 Å². The number of carbonyl (C=O) groups is 3. The van der Waals surface area contributed by atoms with Gasteiger partial charge in [0.1, 0.15) is 17.4 Å². The van der Waals surface area contributed by atoms with E-state index in [9.17, 15) is 24.3 Å². The van der Waals surface area contributed by atoms with Gasteiger partial charge >= 0.3 is 11.6 Å². The first-order chi connectivity index (χ1) is 14.6. The van der Waals surface area contributed by atoms with Gasteiger partial charge in [-0.2, -0.15) is 0 Å². The highest BCUT2D eigenvalue weighted by molar-refractivity contribution is 6.32. The number of hydrogen-bond donors (Lipinski definition) is 3. The molecular weight excluding hydrogens is 428 g/mol. The zero-order valence-electron chi connectivity index (χ0n) is 17.7. The van der Waals surface area contributed by atoms with E-state index in [1.54, 1.807) is 19.9 Å². The number of hydrogen-bond acceptors (Lipinski definition) is 6. The van der Waals surface area contributed by atoms with Gasteiger partial charge in [0, 0.05) is 11.5 Å². The van der Waals surface area contributed by atoms with Crippen LogP contribution in [0.1, 0.15) is 31.4 Å². The Morgan fingerprint density at radius 1 is 1.26 bits per heavy atom. The number of carboxylic acid groups (broad SMARTS) is 1. The van der Waals surface area contributed by atoms with Crippen LogP contribution in [0.4, 0.5) is 0 Å². The van der Waals surface area contributed by atoms with E-state index >= 15 is 0 Å². The Kier molecular flexibility index (Phi) is 8.04. The van der Waals surface area contributed by atoms with E-state index in [1.807, 2.05) is 6.92 Å². The molecule has 0 aliphatic rings. The first-order valence-corrected chi connectivity index (χ1v) is 10.0. The molecule has 0 aliphatic carbocycles. The van der Waals surface area contributed by atoms with Crippen LogP contribution in [0.3, 0.4) is 0 Å². The van der Waals surface area contributed by atoms with Gasteiger partial charge in [-0.15, -0.1) is 0 Å². The maximum Gasteiger partial charge on any atom is 0.340 e. The topological polar surface area (TPSA) is 135 Å². The van der Waals surface area contributed by atoms with E-state index in [1.165, 1.54) is 13.2 Å². The fourth-order valence-corrected chi connectivity index (χ4v) is 3.30. The second-order valence-corrected chi connectivity index (χ2v) is 7.61. The molecule has 2 unspecified atom stereocenters. The molecule has 10 heteroatoms. The number of aryl methyl sites for hydroxylation is 1. The molecule has 168 valence electrons. The summed E-state index contributed by atoms with van der Waals surface area (Å²) in [6, 6.07) is 2.03. The third kappa shape index (κ3) is 5.75. The molecule has 0 saturated heterocycles. The summed E-state index contributed by atoms with van der Waals surface area (Å²) in [5.41, 5.74) is 0.251. The van der Waals surface area contributed by atoms with Gasteiger partial charge in [0.25, 0.3) is 0 Å². The SMILES string of the molecule is CCC(C)C(NC(=O)CNC(=O)Cc1c(C)c2cc(Cl)c(OC)cc2oc1=O)C(=O)O. The Hall–Kier alpha value is -3.07. The molecule has 2 aromatic rings. The number of carboxylic acids is 1. The first-order valence-electron chi connectivity index (χ1n) is 9.67. The lowest BCUT2D eigenvalue weighted by Crippen LogP contribution is -2.48. The van der Waals surface area contributed by atoms with Crippen molar-refractivity contribution in [1.82, 2.24) is 10.6 Å². The Balaban J connectivity index is 2.11. The number of amides is 2. The average molecular weight is 453 g/mol. The van der Waals surface area contributed by atoms with E-state index in [0.717, 1.165) is 0 Å². The molecule has 9 nitrogen and oxygen atoms in total. The number of rotatable bonds is 9. The van der Waals surface area contributed by atoms with Gasteiger partial charge in [0.15, 0.2) is 0 Å². The van der Waals surface area contributed by atoms with Gasteiger partial charge in [-0.3, -0.25) is 9.59 Å². The number of ether oxygens (including phenoxy) is 1. The third-order valence-corrected chi connectivity index (χ3v) is 5.43. The summed E-state index contributed by atoms with van der Waals surface area (Å²) in [6.07, 6.45) is 0.255. The van der Waals surface area contributed by atoms with Crippen molar-refractivity contribution in [1.29, 1.82) is 0 Å². The van der Waals surface area contributed by atoms with E-state index < -0.39 is 36.0 Å². The largest absolute Gasteiger partial charge is 0.495 e. The van der Waals surface area contributed by atoms with E-state index in [0.29, 0.717) is 28.1 Å². The van der Waals surface area contributed by atoms with Crippen molar-refractivity contribution in [3.63, 3.8) is 0 Å². The molecule has 0 bridgehead atoms. The molecule has 1 aromatic heterocycles. The highest BCUT2D eigenvalue weighted by atomic mass is 35.5. The average Bonchev–Trinajstić information content (AvgIpc) is 2.73. The Bertz CT molecular complexity index is 1060. The van der Waals surface area contributed by atoms with Crippen LogP contribution in [0.2, 0.25) is 5.02 Å². The van der Waals surface area contributed by atoms with Crippen molar-refractivity contribution in [3.8, 4) is 5.75 Å². The summed E-state index contributed by atoms with van der Waals surface area (Å²) >= 11 is 6.14. The van der Waals surface area contributed by atoms with Crippen LogP contribution in [-0.4, -0.2) is 42.6 Å². The number of aliphatic carboxylic acids is 1. The second-order valence-electron chi connectivity index (χ2n) is 7.20. The molecule has 0 saturated carbocycles. The smallest absolute Gasteiger partial charge is 0.340 e. The lowest BCUT2D eigenvalue weighted by atomic mass is 9.99. The van der Waals surface area contributed by atoms with E-state index in [-0.39, 0.29) is 23.5 Å². The van der Waals surface area contributed by atoms with Crippen molar-refractivity contribution in [2.75, 3.05) is 13.7 Å². The lowest BCUT2D eigenvalue weighted by molar-refractivity contribution is -0.143. The molecule has 0 fully saturated rings. The summed E-state index contributed by atoms with van der Waals surface area (Å²) in [5.74, 6) is -2.28. The fraction of sp³-hybridized carbons (Fsp3) is 0.429. The fourth-order valence-electron chi connectivity index (χ4n) is 3.06. The molecule has 2 atom stereocenters. The molecule has 2 amide bonds. The maximum atomic E-state index is 12.4. The predicted molar refractivity (Wildman–Crippen MR) is 115 cm³/mol. The highest BCUT2D eigenvalue weighted by Crippen LogP contribution is 2.31. The van der Waals surface area contributed by atoms with Crippen LogP contribution in [-0.2, 0) is 20.8 Å². The number of methoxy groups -OCH3 is 1. The zero-order chi connectivity index (χ0) is 23.3.